The number of pyridine rings is 1. The summed E-state index contributed by atoms with van der Waals surface area (Å²) in [6.07, 6.45) is -8.95. The smallest absolute Gasteiger partial charge is 0.434 e. The van der Waals surface area contributed by atoms with Crippen LogP contribution in [0, 0.1) is 5.92 Å². The Labute approximate surface area is 134 Å². The van der Waals surface area contributed by atoms with Crippen LogP contribution in [0.15, 0.2) is 0 Å². The van der Waals surface area contributed by atoms with Crippen LogP contribution in [-0.4, -0.2) is 24.0 Å². The van der Waals surface area contributed by atoms with E-state index in [1.807, 2.05) is 0 Å². The Kier molecular flexibility index (Phi) is 5.85. The Bertz CT molecular complexity index is 657. The van der Waals surface area contributed by atoms with Crippen molar-refractivity contribution in [1.29, 1.82) is 0 Å². The summed E-state index contributed by atoms with van der Waals surface area (Å²) in [6.45, 7) is 3.14. The molecule has 0 aliphatic rings. The van der Waals surface area contributed by atoms with Crippen molar-refractivity contribution in [2.75, 3.05) is 7.11 Å². The van der Waals surface area contributed by atoms with E-state index < -0.39 is 52.6 Å². The van der Waals surface area contributed by atoms with Gasteiger partial charge < -0.3 is 10.5 Å². The summed E-state index contributed by atoms with van der Waals surface area (Å²) in [4.78, 5) is 26.2. The topological polar surface area (TPSA) is 82.3 Å². The molecule has 1 heterocycles. The predicted octanol–water partition coefficient (Wildman–Crippen LogP) is 3.12. The fourth-order valence-corrected chi connectivity index (χ4v) is 2.23. The van der Waals surface area contributed by atoms with Gasteiger partial charge in [-0.1, -0.05) is 13.8 Å². The molecule has 0 aliphatic carbocycles. The van der Waals surface area contributed by atoms with Crippen molar-refractivity contribution >= 4 is 11.9 Å². The van der Waals surface area contributed by atoms with E-state index >= 15 is 0 Å². The lowest BCUT2D eigenvalue weighted by Crippen LogP contribution is -2.27. The second-order valence-corrected chi connectivity index (χ2v) is 5.33. The van der Waals surface area contributed by atoms with Crippen molar-refractivity contribution in [3.05, 3.63) is 28.1 Å². The predicted molar refractivity (Wildman–Crippen MR) is 72.6 cm³/mol. The van der Waals surface area contributed by atoms with Crippen molar-refractivity contribution in [2.45, 2.75) is 32.9 Å². The van der Waals surface area contributed by atoms with Crippen LogP contribution in [0.25, 0.3) is 0 Å². The van der Waals surface area contributed by atoms with Gasteiger partial charge in [0, 0.05) is 0 Å². The molecule has 24 heavy (non-hydrogen) atoms. The van der Waals surface area contributed by atoms with E-state index in [0.717, 1.165) is 7.11 Å². The number of primary amides is 1. The molecule has 0 aliphatic heterocycles. The second-order valence-electron chi connectivity index (χ2n) is 5.33. The Morgan fingerprint density at radius 3 is 2.08 bits per heavy atom. The lowest BCUT2D eigenvalue weighted by Gasteiger charge is -2.20. The summed E-state index contributed by atoms with van der Waals surface area (Å²) < 4.78 is 70.2. The number of nitrogens with zero attached hydrogens (tertiary/aromatic N) is 1. The number of ether oxygens (including phenoxy) is 1. The molecule has 0 fully saturated rings. The third-order valence-electron chi connectivity index (χ3n) is 3.05. The van der Waals surface area contributed by atoms with E-state index in [1.165, 1.54) is 0 Å². The van der Waals surface area contributed by atoms with Gasteiger partial charge in [-0.15, -0.1) is 0 Å². The van der Waals surface area contributed by atoms with Crippen molar-refractivity contribution in [2.24, 2.45) is 11.7 Å². The van der Waals surface area contributed by atoms with Crippen molar-refractivity contribution < 1.29 is 36.3 Å². The van der Waals surface area contributed by atoms with Gasteiger partial charge in [0.15, 0.2) is 5.69 Å². The fraction of sp³-hybridized carbons (Fsp3) is 0.500. The Balaban J connectivity index is 4.02. The minimum atomic E-state index is -5.20. The largest absolute Gasteiger partial charge is 0.465 e. The lowest BCUT2D eigenvalue weighted by molar-refractivity contribution is -0.141. The number of hydrogen-bond donors (Lipinski definition) is 1. The minimum absolute atomic E-state index is 0.270. The van der Waals surface area contributed by atoms with Crippen LogP contribution in [-0.2, 0) is 17.3 Å². The number of amides is 1. The van der Waals surface area contributed by atoms with Gasteiger partial charge in [0.05, 0.1) is 18.2 Å². The first-order valence-electron chi connectivity index (χ1n) is 6.72. The second kappa shape index (κ2) is 7.10. The zero-order valence-corrected chi connectivity index (χ0v) is 13.0. The van der Waals surface area contributed by atoms with Gasteiger partial charge in [0.25, 0.3) is 12.3 Å². The van der Waals surface area contributed by atoms with E-state index in [9.17, 15) is 31.5 Å². The highest BCUT2D eigenvalue weighted by molar-refractivity contribution is 6.01. The highest BCUT2D eigenvalue weighted by Crippen LogP contribution is 2.37. The van der Waals surface area contributed by atoms with Crippen LogP contribution >= 0.6 is 0 Å². The number of esters is 1. The summed E-state index contributed by atoms with van der Waals surface area (Å²) in [5.74, 6) is -3.19. The highest BCUT2D eigenvalue weighted by Gasteiger charge is 2.42. The normalized spacial score (nSPS) is 11.9. The molecular formula is C14H15F5N2O3. The third kappa shape index (κ3) is 3.98. The zero-order valence-electron chi connectivity index (χ0n) is 13.0. The molecule has 0 spiro atoms. The van der Waals surface area contributed by atoms with Crippen molar-refractivity contribution in [1.82, 2.24) is 4.98 Å². The van der Waals surface area contributed by atoms with Crippen molar-refractivity contribution in [3.63, 3.8) is 0 Å². The van der Waals surface area contributed by atoms with E-state index in [0.29, 0.717) is 0 Å². The maximum Gasteiger partial charge on any atom is 0.434 e. The molecule has 1 amide bonds. The quantitative estimate of drug-likeness (QED) is 0.651. The van der Waals surface area contributed by atoms with Crippen LogP contribution < -0.4 is 5.73 Å². The molecule has 134 valence electrons. The number of nitrogens with two attached hydrogens (primary N) is 1. The molecule has 0 unspecified atom stereocenters. The Morgan fingerprint density at radius 2 is 1.75 bits per heavy atom. The van der Waals surface area contributed by atoms with Gasteiger partial charge in [0.2, 0.25) is 0 Å². The number of carbonyl (C=O) groups is 2. The molecule has 0 radical (unpaired) electrons. The first-order chi connectivity index (χ1) is 10.9. The molecule has 1 aromatic heterocycles. The highest BCUT2D eigenvalue weighted by atomic mass is 19.4. The molecular weight excluding hydrogens is 339 g/mol. The van der Waals surface area contributed by atoms with Crippen LogP contribution in [0.4, 0.5) is 22.0 Å². The maximum absolute atomic E-state index is 13.2. The fourth-order valence-electron chi connectivity index (χ4n) is 2.23. The molecule has 1 rings (SSSR count). The van der Waals surface area contributed by atoms with Gasteiger partial charge >= 0.3 is 12.1 Å². The number of alkyl halides is 5. The monoisotopic (exact) mass is 354 g/mol. The summed E-state index contributed by atoms with van der Waals surface area (Å²) in [6, 6.07) is 0. The number of hydrogen-bond acceptors (Lipinski definition) is 4. The molecule has 0 atom stereocenters. The molecule has 5 nitrogen and oxygen atoms in total. The lowest BCUT2D eigenvalue weighted by atomic mass is 9.90. The number of aromatic nitrogens is 1. The number of carbonyl (C=O) groups excluding carboxylic acids is 2. The van der Waals surface area contributed by atoms with Gasteiger partial charge in [-0.25, -0.2) is 18.6 Å². The van der Waals surface area contributed by atoms with E-state index in [1.54, 1.807) is 13.8 Å². The maximum atomic E-state index is 13.2. The summed E-state index contributed by atoms with van der Waals surface area (Å²) in [5.41, 5.74) is -0.721. The number of rotatable bonds is 5. The van der Waals surface area contributed by atoms with Crippen molar-refractivity contribution in [3.8, 4) is 0 Å². The van der Waals surface area contributed by atoms with E-state index in [2.05, 4.69) is 9.72 Å². The van der Waals surface area contributed by atoms with Gasteiger partial charge in [-0.2, -0.15) is 13.2 Å². The standard InChI is InChI=1S/C14H15F5N2O3/c1-5(2)4-6-7(13(23)24-3)9(11(15)16)21-10(14(17,18)19)8(6)12(20)22/h5,11H,4H2,1-3H3,(H2,20,22). The first-order valence-corrected chi connectivity index (χ1v) is 6.72. The summed E-state index contributed by atoms with van der Waals surface area (Å²) in [7, 11) is 0.873. The third-order valence-corrected chi connectivity index (χ3v) is 3.05. The Morgan fingerprint density at radius 1 is 1.21 bits per heavy atom. The Hall–Kier alpha value is -2.26. The molecule has 0 aromatic carbocycles. The van der Waals surface area contributed by atoms with Gasteiger partial charge in [0.1, 0.15) is 5.69 Å². The number of methoxy groups -OCH3 is 1. The zero-order chi connectivity index (χ0) is 18.8. The van der Waals surface area contributed by atoms with E-state index in [-0.39, 0.29) is 12.3 Å². The van der Waals surface area contributed by atoms with E-state index in [4.69, 9.17) is 5.73 Å². The van der Waals surface area contributed by atoms with Crippen LogP contribution in [0.5, 0.6) is 0 Å². The van der Waals surface area contributed by atoms with Gasteiger partial charge in [-0.05, 0) is 17.9 Å². The first kappa shape index (κ1) is 19.8. The molecule has 2 N–H and O–H groups in total. The van der Waals surface area contributed by atoms with Crippen LogP contribution in [0.2, 0.25) is 0 Å². The molecule has 0 saturated heterocycles. The van der Waals surface area contributed by atoms with Crippen LogP contribution in [0.1, 0.15) is 57.9 Å². The summed E-state index contributed by atoms with van der Waals surface area (Å²) >= 11 is 0. The van der Waals surface area contributed by atoms with Crippen LogP contribution in [0.3, 0.4) is 0 Å². The average Bonchev–Trinajstić information content (AvgIpc) is 2.43. The molecule has 1 aromatic rings. The number of halogens is 5. The average molecular weight is 354 g/mol. The molecule has 0 saturated carbocycles. The SMILES string of the molecule is COC(=O)c1c(C(F)F)nc(C(F)(F)F)c(C(N)=O)c1CC(C)C. The minimum Gasteiger partial charge on any atom is -0.465 e. The van der Waals surface area contributed by atoms with Gasteiger partial charge in [-0.3, -0.25) is 4.79 Å². The molecule has 10 heteroatoms. The molecule has 0 bridgehead atoms. The summed E-state index contributed by atoms with van der Waals surface area (Å²) in [5, 5.41) is 0.